The fourth-order valence-electron chi connectivity index (χ4n) is 1.65. The van der Waals surface area contributed by atoms with Gasteiger partial charge in [-0.2, -0.15) is 0 Å². The summed E-state index contributed by atoms with van der Waals surface area (Å²) in [5, 5.41) is 6.19. The molecule has 1 aromatic rings. The van der Waals surface area contributed by atoms with Gasteiger partial charge in [-0.1, -0.05) is 5.11 Å². The van der Waals surface area contributed by atoms with Gasteiger partial charge in [0.05, 0.1) is 14.2 Å². The Kier molecular flexibility index (Phi) is 6.78. The quantitative estimate of drug-likeness (QED) is 0.342. The Bertz CT molecular complexity index is 498. The smallest absolute Gasteiger partial charge is 0.224 e. The summed E-state index contributed by atoms with van der Waals surface area (Å²) in [5.41, 5.74) is 8.77. The lowest BCUT2D eigenvalue weighted by Crippen LogP contribution is -2.11. The third-order valence-corrected chi connectivity index (χ3v) is 2.64. The van der Waals surface area contributed by atoms with Crippen molar-refractivity contribution < 1.29 is 14.3 Å². The maximum Gasteiger partial charge on any atom is 0.224 e. The molecule has 1 amide bonds. The first-order valence-corrected chi connectivity index (χ1v) is 6.24. The summed E-state index contributed by atoms with van der Waals surface area (Å²) >= 11 is 0. The number of unbranched alkanes of at least 4 members (excludes halogenated alkanes) is 1. The second-order valence-corrected chi connectivity index (χ2v) is 4.03. The van der Waals surface area contributed by atoms with Crippen molar-refractivity contribution in [3.8, 4) is 11.5 Å². The van der Waals surface area contributed by atoms with E-state index in [9.17, 15) is 4.79 Å². The maximum atomic E-state index is 11.7. The minimum atomic E-state index is -0.0850. The van der Waals surface area contributed by atoms with Crippen LogP contribution in [0.5, 0.6) is 11.5 Å². The van der Waals surface area contributed by atoms with Crippen LogP contribution in [0.1, 0.15) is 19.3 Å². The summed E-state index contributed by atoms with van der Waals surface area (Å²) < 4.78 is 10.3. The number of hydrogen-bond donors (Lipinski definition) is 1. The number of anilines is 1. The number of nitrogens with one attached hydrogen (secondary N) is 1. The number of nitrogens with zero attached hydrogens (tertiary/aromatic N) is 3. The number of benzene rings is 1. The van der Waals surface area contributed by atoms with Crippen molar-refractivity contribution >= 4 is 11.6 Å². The maximum absolute atomic E-state index is 11.7. The van der Waals surface area contributed by atoms with Crippen LogP contribution in [0.4, 0.5) is 5.69 Å². The molecule has 0 unspecified atom stereocenters. The molecule has 0 atom stereocenters. The van der Waals surface area contributed by atoms with E-state index in [1.807, 2.05) is 0 Å². The molecular weight excluding hydrogens is 260 g/mol. The Morgan fingerprint density at radius 2 is 2.05 bits per heavy atom. The summed E-state index contributed by atoms with van der Waals surface area (Å²) in [5.74, 6) is 1.09. The Labute approximate surface area is 117 Å². The number of amides is 1. The van der Waals surface area contributed by atoms with Crippen LogP contribution < -0.4 is 14.8 Å². The normalized spacial score (nSPS) is 9.50. The van der Waals surface area contributed by atoms with Crippen molar-refractivity contribution in [2.75, 3.05) is 26.1 Å². The molecule has 0 saturated carbocycles. The highest BCUT2D eigenvalue weighted by Gasteiger charge is 2.07. The summed E-state index contributed by atoms with van der Waals surface area (Å²) in [4.78, 5) is 14.4. The van der Waals surface area contributed by atoms with Crippen molar-refractivity contribution in [3.05, 3.63) is 28.6 Å². The van der Waals surface area contributed by atoms with Crippen LogP contribution in [0.25, 0.3) is 10.4 Å². The molecule has 7 nitrogen and oxygen atoms in total. The van der Waals surface area contributed by atoms with Crippen LogP contribution in [0.2, 0.25) is 0 Å². The van der Waals surface area contributed by atoms with E-state index in [4.69, 9.17) is 15.0 Å². The molecule has 0 spiro atoms. The van der Waals surface area contributed by atoms with Crippen LogP contribution in [-0.2, 0) is 4.79 Å². The van der Waals surface area contributed by atoms with Crippen molar-refractivity contribution in [1.82, 2.24) is 0 Å². The number of azide groups is 1. The van der Waals surface area contributed by atoms with E-state index in [0.717, 1.165) is 0 Å². The number of rotatable bonds is 8. The van der Waals surface area contributed by atoms with Gasteiger partial charge in [-0.05, 0) is 30.5 Å². The van der Waals surface area contributed by atoms with Gasteiger partial charge in [-0.15, -0.1) is 0 Å². The lowest BCUT2D eigenvalue weighted by Gasteiger charge is -2.10. The van der Waals surface area contributed by atoms with Crippen molar-refractivity contribution in [3.63, 3.8) is 0 Å². The third-order valence-electron chi connectivity index (χ3n) is 2.64. The largest absolute Gasteiger partial charge is 0.493 e. The van der Waals surface area contributed by atoms with Gasteiger partial charge < -0.3 is 14.8 Å². The predicted molar refractivity (Wildman–Crippen MR) is 76.0 cm³/mol. The summed E-state index contributed by atoms with van der Waals surface area (Å²) in [6, 6.07) is 5.19. The minimum absolute atomic E-state index is 0.0850. The highest BCUT2D eigenvalue weighted by atomic mass is 16.5. The highest BCUT2D eigenvalue weighted by Crippen LogP contribution is 2.29. The standard InChI is InChI=1S/C13H18N4O3/c1-19-11-7-6-10(9-12(11)20-2)16-13(18)5-3-4-8-15-17-14/h6-7,9H,3-5,8H2,1-2H3,(H,16,18). The van der Waals surface area contributed by atoms with Crippen LogP contribution in [0.15, 0.2) is 23.3 Å². The molecule has 1 aromatic carbocycles. The zero-order valence-electron chi connectivity index (χ0n) is 11.6. The molecular formula is C13H18N4O3. The van der Waals surface area contributed by atoms with Crippen LogP contribution in [-0.4, -0.2) is 26.7 Å². The van der Waals surface area contributed by atoms with E-state index < -0.39 is 0 Å². The highest BCUT2D eigenvalue weighted by molar-refractivity contribution is 5.91. The molecule has 0 bridgehead atoms. The number of carbonyl (C=O) groups is 1. The van der Waals surface area contributed by atoms with Gasteiger partial charge in [0.15, 0.2) is 11.5 Å². The SMILES string of the molecule is COc1ccc(NC(=O)CCCCN=[N+]=[N-])cc1OC. The van der Waals surface area contributed by atoms with Gasteiger partial charge in [-0.3, -0.25) is 4.79 Å². The second kappa shape index (κ2) is 8.66. The molecule has 0 aliphatic carbocycles. The lowest BCUT2D eigenvalue weighted by molar-refractivity contribution is -0.116. The molecule has 0 aromatic heterocycles. The van der Waals surface area contributed by atoms with E-state index in [1.165, 1.54) is 0 Å². The number of carbonyl (C=O) groups excluding carboxylic acids is 1. The van der Waals surface area contributed by atoms with Crippen molar-refractivity contribution in [2.24, 2.45) is 5.11 Å². The Morgan fingerprint density at radius 3 is 2.70 bits per heavy atom. The summed E-state index contributed by atoms with van der Waals surface area (Å²) in [6.07, 6.45) is 1.76. The summed E-state index contributed by atoms with van der Waals surface area (Å²) in [6.45, 7) is 0.417. The molecule has 20 heavy (non-hydrogen) atoms. The molecule has 0 radical (unpaired) electrons. The monoisotopic (exact) mass is 278 g/mol. The molecule has 1 rings (SSSR count). The second-order valence-electron chi connectivity index (χ2n) is 4.03. The molecule has 0 aliphatic heterocycles. The molecule has 0 fully saturated rings. The minimum Gasteiger partial charge on any atom is -0.493 e. The predicted octanol–water partition coefficient (Wildman–Crippen LogP) is 3.12. The molecule has 108 valence electrons. The first kappa shape index (κ1) is 15.7. The molecule has 0 aliphatic rings. The van der Waals surface area contributed by atoms with Crippen LogP contribution in [0, 0.1) is 0 Å². The topological polar surface area (TPSA) is 96.3 Å². The van der Waals surface area contributed by atoms with Crippen molar-refractivity contribution in [1.29, 1.82) is 0 Å². The van der Waals surface area contributed by atoms with Crippen molar-refractivity contribution in [2.45, 2.75) is 19.3 Å². The third kappa shape index (κ3) is 5.07. The Morgan fingerprint density at radius 1 is 1.30 bits per heavy atom. The van der Waals surface area contributed by atoms with E-state index in [1.54, 1.807) is 32.4 Å². The van der Waals surface area contributed by atoms with Gasteiger partial charge in [0.25, 0.3) is 0 Å². The van der Waals surface area contributed by atoms with E-state index >= 15 is 0 Å². The summed E-state index contributed by atoms with van der Waals surface area (Å²) in [7, 11) is 3.10. The molecule has 0 saturated heterocycles. The first-order valence-electron chi connectivity index (χ1n) is 6.24. The fraction of sp³-hybridized carbons (Fsp3) is 0.462. The Hall–Kier alpha value is -2.40. The van der Waals surface area contributed by atoms with Gasteiger partial charge in [0.2, 0.25) is 5.91 Å². The van der Waals surface area contributed by atoms with E-state index in [-0.39, 0.29) is 5.91 Å². The number of ether oxygens (including phenoxy) is 2. The van der Waals surface area contributed by atoms with Crippen LogP contribution in [0.3, 0.4) is 0 Å². The number of hydrogen-bond acceptors (Lipinski definition) is 4. The lowest BCUT2D eigenvalue weighted by atomic mass is 10.2. The van der Waals surface area contributed by atoms with E-state index in [0.29, 0.717) is 43.0 Å². The zero-order valence-corrected chi connectivity index (χ0v) is 11.6. The van der Waals surface area contributed by atoms with Gasteiger partial charge >= 0.3 is 0 Å². The zero-order chi connectivity index (χ0) is 14.8. The first-order chi connectivity index (χ1) is 9.71. The van der Waals surface area contributed by atoms with Gasteiger partial charge in [0, 0.05) is 29.6 Å². The molecule has 7 heteroatoms. The fourth-order valence-corrected chi connectivity index (χ4v) is 1.65. The average molecular weight is 278 g/mol. The Balaban J connectivity index is 2.47. The number of methoxy groups -OCH3 is 2. The van der Waals surface area contributed by atoms with E-state index in [2.05, 4.69) is 15.3 Å². The molecule has 0 heterocycles. The average Bonchev–Trinajstić information content (AvgIpc) is 2.46. The van der Waals surface area contributed by atoms with Gasteiger partial charge in [0.1, 0.15) is 0 Å². The van der Waals surface area contributed by atoms with Crippen LogP contribution >= 0.6 is 0 Å². The molecule has 1 N–H and O–H groups in total. The van der Waals surface area contributed by atoms with Gasteiger partial charge in [-0.25, -0.2) is 0 Å².